The van der Waals surface area contributed by atoms with Gasteiger partial charge in [0.05, 0.1) is 12.7 Å². The van der Waals surface area contributed by atoms with Gasteiger partial charge in [-0.2, -0.15) is 0 Å². The van der Waals surface area contributed by atoms with E-state index < -0.39 is 11.2 Å². The Kier molecular flexibility index (Phi) is 5.02. The Balaban J connectivity index is 1.60. The number of fused-ring (bicyclic) bond motifs is 1. The Bertz CT molecular complexity index is 614. The highest BCUT2D eigenvalue weighted by molar-refractivity contribution is 5.29. The van der Waals surface area contributed by atoms with Crippen LogP contribution in [0.3, 0.4) is 0 Å². The van der Waals surface area contributed by atoms with E-state index in [1.165, 1.54) is 24.8 Å². The van der Waals surface area contributed by atoms with Gasteiger partial charge in [-0.05, 0) is 62.1 Å². The summed E-state index contributed by atoms with van der Waals surface area (Å²) in [5.74, 6) is 1.63. The summed E-state index contributed by atoms with van der Waals surface area (Å²) in [5, 5.41) is 23.0. The summed E-state index contributed by atoms with van der Waals surface area (Å²) in [7, 11) is 1.68. The lowest BCUT2D eigenvalue weighted by Crippen LogP contribution is -2.72. The van der Waals surface area contributed by atoms with Gasteiger partial charge in [0.2, 0.25) is 0 Å². The number of likely N-dealkylation sites (tertiary alicyclic amines) is 1. The molecule has 0 unspecified atom stereocenters. The van der Waals surface area contributed by atoms with Gasteiger partial charge >= 0.3 is 0 Å². The fourth-order valence-electron chi connectivity index (χ4n) is 5.37. The second-order valence-electron chi connectivity index (χ2n) is 8.77. The van der Waals surface area contributed by atoms with Crippen molar-refractivity contribution in [2.24, 2.45) is 5.92 Å². The molecule has 4 rings (SSSR count). The van der Waals surface area contributed by atoms with Crippen LogP contribution >= 0.6 is 0 Å². The zero-order valence-corrected chi connectivity index (χ0v) is 16.0. The van der Waals surface area contributed by atoms with Crippen LogP contribution in [0, 0.1) is 5.92 Å². The number of ether oxygens (including phenoxy) is 1. The van der Waals surface area contributed by atoms with E-state index in [-0.39, 0.29) is 6.04 Å². The molecule has 4 nitrogen and oxygen atoms in total. The van der Waals surface area contributed by atoms with Gasteiger partial charge in [-0.15, -0.1) is 0 Å². The third-order valence-corrected chi connectivity index (χ3v) is 7.31. The van der Waals surface area contributed by atoms with Crippen molar-refractivity contribution in [3.05, 3.63) is 29.8 Å². The van der Waals surface area contributed by atoms with Crippen LogP contribution in [-0.2, 0) is 6.42 Å². The second kappa shape index (κ2) is 7.14. The maximum absolute atomic E-state index is 11.7. The summed E-state index contributed by atoms with van der Waals surface area (Å²) in [6.07, 6.45) is 8.95. The molecular weight excluding hydrogens is 326 g/mol. The monoisotopic (exact) mass is 359 g/mol. The van der Waals surface area contributed by atoms with E-state index in [0.29, 0.717) is 12.8 Å². The van der Waals surface area contributed by atoms with Crippen LogP contribution in [0.5, 0.6) is 5.75 Å². The molecule has 1 aliphatic heterocycles. The van der Waals surface area contributed by atoms with E-state index in [9.17, 15) is 10.2 Å². The van der Waals surface area contributed by atoms with Crippen LogP contribution in [0.2, 0.25) is 0 Å². The van der Waals surface area contributed by atoms with E-state index in [1.807, 2.05) is 12.1 Å². The molecule has 0 aromatic heterocycles. The van der Waals surface area contributed by atoms with E-state index in [1.54, 1.807) is 7.11 Å². The minimum atomic E-state index is -0.993. The lowest BCUT2D eigenvalue weighted by Gasteiger charge is -2.58. The van der Waals surface area contributed by atoms with Crippen molar-refractivity contribution < 1.29 is 14.9 Å². The maximum Gasteiger partial charge on any atom is 0.118 e. The molecule has 3 fully saturated rings. The van der Waals surface area contributed by atoms with Crippen molar-refractivity contribution in [3.8, 4) is 5.75 Å². The van der Waals surface area contributed by atoms with Gasteiger partial charge in [0, 0.05) is 19.1 Å². The van der Waals surface area contributed by atoms with Gasteiger partial charge in [-0.25, -0.2) is 0 Å². The summed E-state index contributed by atoms with van der Waals surface area (Å²) >= 11 is 0. The van der Waals surface area contributed by atoms with Gasteiger partial charge in [0.15, 0.2) is 0 Å². The van der Waals surface area contributed by atoms with Crippen LogP contribution in [-0.4, -0.2) is 52.6 Å². The minimum absolute atomic E-state index is 0.00413. The lowest BCUT2D eigenvalue weighted by molar-refractivity contribution is -0.236. The molecule has 0 spiro atoms. The highest BCUT2D eigenvalue weighted by Crippen LogP contribution is 2.47. The second-order valence-corrected chi connectivity index (χ2v) is 8.77. The highest BCUT2D eigenvalue weighted by atomic mass is 16.5. The van der Waals surface area contributed by atoms with Gasteiger partial charge in [-0.1, -0.05) is 31.4 Å². The third-order valence-electron chi connectivity index (χ3n) is 7.31. The van der Waals surface area contributed by atoms with Gasteiger partial charge in [0.25, 0.3) is 0 Å². The molecule has 1 saturated heterocycles. The average Bonchev–Trinajstić information content (AvgIpc) is 2.61. The first-order chi connectivity index (χ1) is 12.5. The highest BCUT2D eigenvalue weighted by Gasteiger charge is 2.59. The predicted octanol–water partition coefficient (Wildman–Crippen LogP) is 3.15. The Morgan fingerprint density at radius 1 is 1.04 bits per heavy atom. The smallest absolute Gasteiger partial charge is 0.118 e. The molecule has 3 atom stereocenters. The SMILES string of the molecule is COc1ccc(C[C@@H]2N(CC3CCC3)CC[C@@]3(O)CCCC[C@]23O)cc1. The summed E-state index contributed by atoms with van der Waals surface area (Å²) < 4.78 is 5.28. The number of rotatable bonds is 5. The van der Waals surface area contributed by atoms with E-state index in [0.717, 1.165) is 50.4 Å². The quantitative estimate of drug-likeness (QED) is 0.848. The number of methoxy groups -OCH3 is 1. The van der Waals surface area contributed by atoms with Crippen molar-refractivity contribution in [3.63, 3.8) is 0 Å². The standard InChI is InChI=1S/C22H33NO3/c1-26-19-9-7-17(8-10-19)15-20-22(25)12-3-2-11-21(22,24)13-14-23(20)16-18-5-4-6-18/h7-10,18,20,24-25H,2-6,11-16H2,1H3/t20-,21-,22-/m0/s1. The van der Waals surface area contributed by atoms with Crippen molar-refractivity contribution in [2.45, 2.75) is 75.0 Å². The van der Waals surface area contributed by atoms with Gasteiger partial charge in [0.1, 0.15) is 11.4 Å². The topological polar surface area (TPSA) is 52.9 Å². The molecule has 2 aliphatic carbocycles. The number of hydrogen-bond acceptors (Lipinski definition) is 4. The molecule has 26 heavy (non-hydrogen) atoms. The number of hydrogen-bond donors (Lipinski definition) is 2. The van der Waals surface area contributed by atoms with Crippen molar-refractivity contribution >= 4 is 0 Å². The zero-order valence-electron chi connectivity index (χ0n) is 16.0. The molecule has 2 saturated carbocycles. The molecule has 0 bridgehead atoms. The van der Waals surface area contributed by atoms with Crippen LogP contribution in [0.4, 0.5) is 0 Å². The first-order valence-corrected chi connectivity index (χ1v) is 10.4. The molecule has 1 aromatic carbocycles. The number of benzene rings is 1. The van der Waals surface area contributed by atoms with Crippen LogP contribution in [0.1, 0.15) is 56.9 Å². The molecule has 144 valence electrons. The molecule has 1 aromatic rings. The molecule has 3 aliphatic rings. The Hall–Kier alpha value is -1.10. The number of aliphatic hydroxyl groups is 2. The number of piperidine rings is 1. The molecule has 2 N–H and O–H groups in total. The third kappa shape index (κ3) is 3.17. The maximum atomic E-state index is 11.7. The van der Waals surface area contributed by atoms with Gasteiger partial charge in [-0.3, -0.25) is 4.90 Å². The van der Waals surface area contributed by atoms with E-state index >= 15 is 0 Å². The molecule has 0 radical (unpaired) electrons. The Labute approximate surface area is 157 Å². The minimum Gasteiger partial charge on any atom is -0.497 e. The predicted molar refractivity (Wildman–Crippen MR) is 102 cm³/mol. The largest absolute Gasteiger partial charge is 0.497 e. The molecule has 0 amide bonds. The Morgan fingerprint density at radius 2 is 1.77 bits per heavy atom. The average molecular weight is 360 g/mol. The first-order valence-electron chi connectivity index (χ1n) is 10.4. The summed E-state index contributed by atoms with van der Waals surface area (Å²) in [5.41, 5.74) is -0.705. The number of nitrogens with zero attached hydrogens (tertiary/aromatic N) is 1. The van der Waals surface area contributed by atoms with Crippen molar-refractivity contribution in [1.82, 2.24) is 4.90 Å². The first kappa shape index (κ1) is 18.3. The van der Waals surface area contributed by atoms with E-state index in [2.05, 4.69) is 17.0 Å². The van der Waals surface area contributed by atoms with Crippen LogP contribution < -0.4 is 4.74 Å². The fourth-order valence-corrected chi connectivity index (χ4v) is 5.37. The van der Waals surface area contributed by atoms with E-state index in [4.69, 9.17) is 4.74 Å². The van der Waals surface area contributed by atoms with Crippen LogP contribution in [0.15, 0.2) is 24.3 Å². The lowest BCUT2D eigenvalue weighted by atomic mass is 9.62. The Morgan fingerprint density at radius 3 is 2.42 bits per heavy atom. The summed E-state index contributed by atoms with van der Waals surface area (Å²) in [6, 6.07) is 8.17. The van der Waals surface area contributed by atoms with Gasteiger partial charge < -0.3 is 14.9 Å². The normalized spacial score (nSPS) is 35.6. The molecule has 1 heterocycles. The van der Waals surface area contributed by atoms with Crippen LogP contribution in [0.25, 0.3) is 0 Å². The molecular formula is C22H33NO3. The molecule has 4 heteroatoms. The van der Waals surface area contributed by atoms with Crippen molar-refractivity contribution in [2.75, 3.05) is 20.2 Å². The fraction of sp³-hybridized carbons (Fsp3) is 0.727. The zero-order chi connectivity index (χ0) is 18.2. The summed E-state index contributed by atoms with van der Waals surface area (Å²) in [6.45, 7) is 1.97. The van der Waals surface area contributed by atoms with Crippen molar-refractivity contribution in [1.29, 1.82) is 0 Å². The summed E-state index contributed by atoms with van der Waals surface area (Å²) in [4.78, 5) is 2.49.